The third kappa shape index (κ3) is 3.81. The quantitative estimate of drug-likeness (QED) is 0.917. The van der Waals surface area contributed by atoms with E-state index in [1.165, 1.54) is 26.4 Å². The van der Waals surface area contributed by atoms with Crippen molar-refractivity contribution in [1.82, 2.24) is 10.2 Å². The van der Waals surface area contributed by atoms with Gasteiger partial charge in [0.2, 0.25) is 0 Å². The van der Waals surface area contributed by atoms with Crippen molar-refractivity contribution in [2.45, 2.75) is 18.9 Å². The molecule has 1 heterocycles. The van der Waals surface area contributed by atoms with Gasteiger partial charge >= 0.3 is 0 Å². The minimum Gasteiger partial charge on any atom is -0.493 e. The molecule has 124 valence electrons. The number of amides is 1. The van der Waals surface area contributed by atoms with Gasteiger partial charge in [-0.3, -0.25) is 4.79 Å². The van der Waals surface area contributed by atoms with Gasteiger partial charge in [-0.1, -0.05) is 0 Å². The Morgan fingerprint density at radius 1 is 1.23 bits per heavy atom. The molecule has 0 aromatic heterocycles. The third-order valence-corrected chi connectivity index (χ3v) is 3.89. The molecule has 1 saturated heterocycles. The molecule has 7 heteroatoms. The van der Waals surface area contributed by atoms with E-state index in [0.717, 1.165) is 12.8 Å². The number of rotatable bonds is 4. The summed E-state index contributed by atoms with van der Waals surface area (Å²) in [4.78, 5) is 14.1. The van der Waals surface area contributed by atoms with Gasteiger partial charge in [-0.25, -0.2) is 4.39 Å². The molecule has 0 bridgehead atoms. The number of nitrogens with one attached hydrogen (secondary N) is 1. The van der Waals surface area contributed by atoms with Gasteiger partial charge in [0.25, 0.3) is 5.91 Å². The Morgan fingerprint density at radius 2 is 1.77 bits per heavy atom. The molecule has 1 aromatic rings. The number of carbonyl (C=O) groups is 1. The molecule has 1 fully saturated rings. The number of nitrogens with zero attached hydrogens (tertiary/aromatic N) is 1. The van der Waals surface area contributed by atoms with E-state index in [1.54, 1.807) is 4.90 Å². The molecule has 1 aromatic carbocycles. The molecule has 0 unspecified atom stereocenters. The topological polar surface area (TPSA) is 50.8 Å². The number of benzene rings is 1. The second-order valence-corrected chi connectivity index (χ2v) is 5.04. The number of halogens is 2. The number of carbonyl (C=O) groups excluding carboxylic acids is 1. The van der Waals surface area contributed by atoms with Crippen LogP contribution in [-0.4, -0.2) is 51.2 Å². The van der Waals surface area contributed by atoms with Gasteiger partial charge in [-0.2, -0.15) is 0 Å². The number of hydrogen-bond acceptors (Lipinski definition) is 4. The molecule has 0 aliphatic carbocycles. The molecule has 0 radical (unpaired) electrons. The highest BCUT2D eigenvalue weighted by Crippen LogP contribution is 2.30. The summed E-state index contributed by atoms with van der Waals surface area (Å²) < 4.78 is 24.3. The first-order chi connectivity index (χ1) is 10.1. The lowest BCUT2D eigenvalue weighted by molar-refractivity contribution is 0.0702. The van der Waals surface area contributed by atoms with E-state index in [2.05, 4.69) is 5.32 Å². The van der Waals surface area contributed by atoms with Crippen LogP contribution in [0.2, 0.25) is 0 Å². The van der Waals surface area contributed by atoms with E-state index in [-0.39, 0.29) is 29.6 Å². The van der Waals surface area contributed by atoms with Crippen LogP contribution in [0.1, 0.15) is 23.2 Å². The van der Waals surface area contributed by atoms with E-state index in [0.29, 0.717) is 24.9 Å². The highest BCUT2D eigenvalue weighted by atomic mass is 35.5. The average molecular weight is 333 g/mol. The van der Waals surface area contributed by atoms with E-state index in [4.69, 9.17) is 9.47 Å². The van der Waals surface area contributed by atoms with Crippen LogP contribution >= 0.6 is 12.4 Å². The van der Waals surface area contributed by atoms with Gasteiger partial charge in [0, 0.05) is 25.2 Å². The van der Waals surface area contributed by atoms with Crippen molar-refractivity contribution in [3.63, 3.8) is 0 Å². The Labute approximate surface area is 136 Å². The smallest absolute Gasteiger partial charge is 0.256 e. The van der Waals surface area contributed by atoms with Crippen molar-refractivity contribution in [3.8, 4) is 11.5 Å². The lowest BCUT2D eigenvalue weighted by Gasteiger charge is -2.32. The Balaban J connectivity index is 0.00000242. The maximum absolute atomic E-state index is 14.1. The number of piperidine rings is 1. The van der Waals surface area contributed by atoms with Crippen molar-refractivity contribution in [2.24, 2.45) is 0 Å². The van der Waals surface area contributed by atoms with Crippen molar-refractivity contribution < 1.29 is 18.7 Å². The predicted octanol–water partition coefficient (Wildman–Crippen LogP) is 2.09. The summed E-state index contributed by atoms with van der Waals surface area (Å²) in [6.45, 7) is 1.25. The first-order valence-electron chi connectivity index (χ1n) is 6.98. The molecule has 5 nitrogen and oxygen atoms in total. The summed E-state index contributed by atoms with van der Waals surface area (Å²) in [7, 11) is 4.81. The molecular weight excluding hydrogens is 311 g/mol. The van der Waals surface area contributed by atoms with E-state index in [9.17, 15) is 9.18 Å². The highest BCUT2D eigenvalue weighted by molar-refractivity contribution is 5.95. The Morgan fingerprint density at radius 3 is 2.27 bits per heavy atom. The number of methoxy groups -OCH3 is 2. The number of hydrogen-bond donors (Lipinski definition) is 1. The average Bonchev–Trinajstić information content (AvgIpc) is 2.54. The molecule has 0 spiro atoms. The van der Waals surface area contributed by atoms with Gasteiger partial charge in [-0.05, 0) is 26.0 Å². The molecule has 1 aliphatic rings. The Bertz CT molecular complexity index is 520. The van der Waals surface area contributed by atoms with Crippen molar-refractivity contribution >= 4 is 18.3 Å². The zero-order valence-corrected chi connectivity index (χ0v) is 13.8. The van der Waals surface area contributed by atoms with Gasteiger partial charge < -0.3 is 19.7 Å². The molecular formula is C15H22ClFN2O3. The molecule has 1 amide bonds. The van der Waals surface area contributed by atoms with Crippen LogP contribution in [0.25, 0.3) is 0 Å². The van der Waals surface area contributed by atoms with E-state index in [1.807, 2.05) is 7.05 Å². The SMILES string of the molecule is CNC1CCN(C(=O)c2cc(OC)c(OC)cc2F)CC1.Cl. The zero-order chi connectivity index (χ0) is 15.4. The summed E-state index contributed by atoms with van der Waals surface area (Å²) in [5.41, 5.74) is 0.0237. The number of likely N-dealkylation sites (tertiary alicyclic amines) is 1. The van der Waals surface area contributed by atoms with Gasteiger partial charge in [0.15, 0.2) is 11.5 Å². The maximum Gasteiger partial charge on any atom is 0.256 e. The second kappa shape index (κ2) is 8.19. The predicted molar refractivity (Wildman–Crippen MR) is 84.7 cm³/mol. The minimum atomic E-state index is -0.589. The van der Waals surface area contributed by atoms with Gasteiger partial charge in [0.05, 0.1) is 19.8 Å². The fraction of sp³-hybridized carbons (Fsp3) is 0.533. The van der Waals surface area contributed by atoms with Crippen LogP contribution in [-0.2, 0) is 0 Å². The van der Waals surface area contributed by atoms with Crippen LogP contribution < -0.4 is 14.8 Å². The summed E-state index contributed by atoms with van der Waals surface area (Å²) in [5, 5.41) is 3.20. The van der Waals surface area contributed by atoms with Crippen LogP contribution in [0.3, 0.4) is 0 Å². The van der Waals surface area contributed by atoms with Crippen LogP contribution in [0.15, 0.2) is 12.1 Å². The molecule has 0 saturated carbocycles. The van der Waals surface area contributed by atoms with Crippen LogP contribution in [0, 0.1) is 5.82 Å². The number of ether oxygens (including phenoxy) is 2. The normalized spacial score (nSPS) is 15.2. The maximum atomic E-state index is 14.1. The van der Waals surface area contributed by atoms with E-state index < -0.39 is 5.82 Å². The fourth-order valence-corrected chi connectivity index (χ4v) is 2.56. The monoisotopic (exact) mass is 332 g/mol. The summed E-state index contributed by atoms with van der Waals surface area (Å²) >= 11 is 0. The molecule has 22 heavy (non-hydrogen) atoms. The molecule has 1 N–H and O–H groups in total. The van der Waals surface area contributed by atoms with Crippen molar-refractivity contribution in [1.29, 1.82) is 0 Å². The lowest BCUT2D eigenvalue weighted by Crippen LogP contribution is -2.44. The molecule has 0 atom stereocenters. The minimum absolute atomic E-state index is 0. The second-order valence-electron chi connectivity index (χ2n) is 5.04. The zero-order valence-electron chi connectivity index (χ0n) is 13.0. The first-order valence-corrected chi connectivity index (χ1v) is 6.98. The molecule has 2 rings (SSSR count). The largest absolute Gasteiger partial charge is 0.493 e. The first kappa shape index (κ1) is 18.5. The summed E-state index contributed by atoms with van der Waals surface area (Å²) in [6.07, 6.45) is 1.74. The van der Waals surface area contributed by atoms with Gasteiger partial charge in [0.1, 0.15) is 5.82 Å². The Kier molecular flexibility index (Phi) is 6.90. The Hall–Kier alpha value is -1.53. The molecule has 1 aliphatic heterocycles. The van der Waals surface area contributed by atoms with Crippen molar-refractivity contribution in [3.05, 3.63) is 23.5 Å². The lowest BCUT2D eigenvalue weighted by atomic mass is 10.0. The third-order valence-electron chi connectivity index (χ3n) is 3.89. The summed E-state index contributed by atoms with van der Waals surface area (Å²) in [5.74, 6) is -0.260. The fourth-order valence-electron chi connectivity index (χ4n) is 2.56. The van der Waals surface area contributed by atoms with Crippen LogP contribution in [0.4, 0.5) is 4.39 Å². The highest BCUT2D eigenvalue weighted by Gasteiger charge is 2.26. The van der Waals surface area contributed by atoms with Crippen LogP contribution in [0.5, 0.6) is 11.5 Å². The summed E-state index contributed by atoms with van der Waals surface area (Å²) in [6, 6.07) is 3.01. The van der Waals surface area contributed by atoms with Crippen molar-refractivity contribution in [2.75, 3.05) is 34.4 Å². The van der Waals surface area contributed by atoms with E-state index >= 15 is 0 Å². The van der Waals surface area contributed by atoms with Gasteiger partial charge in [-0.15, -0.1) is 12.4 Å². The standard InChI is InChI=1S/C15H21FN2O3.ClH/c1-17-10-4-6-18(7-5-10)15(19)11-8-13(20-2)14(21-3)9-12(11)16;/h8-10,17H,4-7H2,1-3H3;1H.